The van der Waals surface area contributed by atoms with Gasteiger partial charge >= 0.3 is 26.2 Å². The van der Waals surface area contributed by atoms with Crippen molar-refractivity contribution in [2.45, 2.75) is 34.1 Å². The number of hydrogen-bond donors (Lipinski definition) is 0. The number of rotatable bonds is 0. The molecule has 0 aliphatic heterocycles. The van der Waals surface area contributed by atoms with Crippen molar-refractivity contribution < 1.29 is 26.2 Å². The zero-order valence-electron chi connectivity index (χ0n) is 13.0. The normalized spacial score (nSPS) is 11.5. The van der Waals surface area contributed by atoms with Gasteiger partial charge in [0.05, 0.1) is 0 Å². The Morgan fingerprint density at radius 3 is 2.05 bits per heavy atom. The third-order valence-electron chi connectivity index (χ3n) is 3.43. The Hall–Kier alpha value is -0.227. The van der Waals surface area contributed by atoms with Crippen LogP contribution in [0.3, 0.4) is 0 Å². The summed E-state index contributed by atoms with van der Waals surface area (Å²) in [6, 6.07) is 8.80. The number of hydrogen-bond acceptors (Lipinski definition) is 0. The molecular formula is C18H22Cl2Zr. The molecule has 0 amide bonds. The van der Waals surface area contributed by atoms with Crippen LogP contribution in [-0.2, 0) is 26.2 Å². The first-order valence-electron chi connectivity index (χ1n) is 6.46. The first-order valence-corrected chi connectivity index (χ1v) is 6.46. The van der Waals surface area contributed by atoms with Crippen molar-refractivity contribution in [3.05, 3.63) is 64.8 Å². The minimum absolute atomic E-state index is 0. The van der Waals surface area contributed by atoms with E-state index in [2.05, 4.69) is 70.2 Å². The Labute approximate surface area is 160 Å². The number of benzene rings is 1. The maximum atomic E-state index is 3.12. The molecule has 0 bridgehead atoms. The van der Waals surface area contributed by atoms with Gasteiger partial charge in [-0.25, -0.2) is 11.6 Å². The van der Waals surface area contributed by atoms with Gasteiger partial charge in [-0.15, -0.1) is 59.2 Å². The molecule has 0 radical (unpaired) electrons. The van der Waals surface area contributed by atoms with Crippen molar-refractivity contribution in [1.82, 2.24) is 0 Å². The van der Waals surface area contributed by atoms with Crippen molar-refractivity contribution in [3.8, 4) is 0 Å². The van der Waals surface area contributed by atoms with Gasteiger partial charge in [-0.3, -0.25) is 6.08 Å². The summed E-state index contributed by atoms with van der Waals surface area (Å²) in [4.78, 5) is 0. The van der Waals surface area contributed by atoms with Gasteiger partial charge in [-0.2, -0.15) is 18.2 Å². The summed E-state index contributed by atoms with van der Waals surface area (Å²) in [6.07, 6.45) is 8.33. The van der Waals surface area contributed by atoms with Crippen LogP contribution in [0.1, 0.15) is 30.0 Å². The molecule has 2 aromatic rings. The largest absolute Gasteiger partial charge is 2.00 e. The fraction of sp³-hybridized carbons (Fsp3) is 0.278. The zero-order chi connectivity index (χ0) is 13.1. The van der Waals surface area contributed by atoms with E-state index in [-0.39, 0.29) is 51.0 Å². The molecule has 1 aliphatic rings. The zero-order valence-corrected chi connectivity index (χ0v) is 17.1. The van der Waals surface area contributed by atoms with Gasteiger partial charge in [0.2, 0.25) is 0 Å². The Morgan fingerprint density at radius 2 is 1.62 bits per heavy atom. The molecule has 0 atom stereocenters. The van der Waals surface area contributed by atoms with E-state index in [1.54, 1.807) is 0 Å². The second-order valence-electron chi connectivity index (χ2n) is 4.97. The first-order chi connectivity index (χ1) is 8.59. The van der Waals surface area contributed by atoms with Gasteiger partial charge in [-0.1, -0.05) is 32.4 Å². The van der Waals surface area contributed by atoms with Gasteiger partial charge in [0.1, 0.15) is 0 Å². The molecule has 2 aromatic carbocycles. The first kappa shape index (κ1) is 23.0. The van der Waals surface area contributed by atoms with Crippen molar-refractivity contribution >= 4 is 35.6 Å². The third-order valence-corrected chi connectivity index (χ3v) is 3.43. The van der Waals surface area contributed by atoms with Crippen LogP contribution in [0.4, 0.5) is 0 Å². The van der Waals surface area contributed by atoms with Gasteiger partial charge in [0.15, 0.2) is 0 Å². The van der Waals surface area contributed by atoms with Crippen LogP contribution in [0.15, 0.2) is 42.0 Å². The summed E-state index contributed by atoms with van der Waals surface area (Å²) in [5.74, 6) is 0. The van der Waals surface area contributed by atoms with Crippen LogP contribution in [0.5, 0.6) is 0 Å². The molecule has 1 aliphatic carbocycles. The van der Waals surface area contributed by atoms with Crippen molar-refractivity contribution in [2.24, 2.45) is 0 Å². The van der Waals surface area contributed by atoms with Crippen LogP contribution >= 0.6 is 24.8 Å². The Morgan fingerprint density at radius 1 is 1.00 bits per heavy atom. The van der Waals surface area contributed by atoms with Crippen LogP contribution in [0.25, 0.3) is 10.8 Å². The van der Waals surface area contributed by atoms with Crippen LogP contribution in [0, 0.1) is 26.8 Å². The van der Waals surface area contributed by atoms with Crippen molar-refractivity contribution in [2.75, 3.05) is 0 Å². The summed E-state index contributed by atoms with van der Waals surface area (Å²) in [5.41, 5.74) is 5.43. The molecule has 0 spiro atoms. The van der Waals surface area contributed by atoms with Crippen LogP contribution in [-0.4, -0.2) is 0 Å². The number of fused-ring (bicyclic) bond motifs is 1. The smallest absolute Gasteiger partial charge is 0.270 e. The van der Waals surface area contributed by atoms with Crippen LogP contribution in [0.2, 0.25) is 0 Å². The maximum Gasteiger partial charge on any atom is 2.00 e. The van der Waals surface area contributed by atoms with Crippen LogP contribution < -0.4 is 0 Å². The van der Waals surface area contributed by atoms with E-state index in [9.17, 15) is 0 Å². The van der Waals surface area contributed by atoms with Crippen molar-refractivity contribution in [3.63, 3.8) is 0 Å². The molecular weight excluding hydrogens is 378 g/mol. The van der Waals surface area contributed by atoms with E-state index >= 15 is 0 Å². The van der Waals surface area contributed by atoms with E-state index in [0.717, 1.165) is 6.42 Å². The van der Waals surface area contributed by atoms with Gasteiger partial charge in [0.25, 0.3) is 0 Å². The quantitative estimate of drug-likeness (QED) is 0.474. The van der Waals surface area contributed by atoms with Crippen molar-refractivity contribution in [1.29, 1.82) is 0 Å². The van der Waals surface area contributed by atoms with Gasteiger partial charge in [-0.05, 0) is 6.92 Å². The Kier molecular flexibility index (Phi) is 11.5. The number of allylic oxidation sites excluding steroid dienone is 4. The Bertz CT molecular complexity index is 619. The summed E-state index contributed by atoms with van der Waals surface area (Å²) >= 11 is 0. The third kappa shape index (κ3) is 5.82. The molecule has 0 nitrogen and oxygen atoms in total. The van der Waals surface area contributed by atoms with E-state index in [4.69, 9.17) is 0 Å². The molecule has 0 N–H and O–H groups in total. The molecule has 3 heteroatoms. The molecule has 0 saturated carbocycles. The monoisotopic (exact) mass is 398 g/mol. The molecule has 3 rings (SSSR count). The maximum absolute atomic E-state index is 3.12. The predicted molar refractivity (Wildman–Crippen MR) is 94.4 cm³/mol. The molecule has 0 fully saturated rings. The van der Waals surface area contributed by atoms with E-state index in [0.29, 0.717) is 0 Å². The average Bonchev–Trinajstić information content (AvgIpc) is 2.95. The summed E-state index contributed by atoms with van der Waals surface area (Å²) in [6.45, 7) is 8.58. The SMILES string of the molecule is CC1=[C-]CC=C1.Cc1ccc(C)c2c1cc[c-]2C.Cl.Cl.[Zr+2]. The topological polar surface area (TPSA) is 0 Å². The molecule has 112 valence electrons. The number of aryl methyl sites for hydroxylation is 3. The molecule has 0 aromatic heterocycles. The number of halogens is 2. The standard InChI is InChI=1S/C12H13.C6H7.2ClH.Zr/c1-8-4-5-9(2)12-10(3)6-7-11(8)12;1-6-4-2-3-5-6;;;/h4-7H,1-3H3;2,4H,3H2,1H3;2*1H;/q2*-1;;;+2. The molecule has 0 saturated heterocycles. The summed E-state index contributed by atoms with van der Waals surface area (Å²) in [5, 5.41) is 2.85. The minimum Gasteiger partial charge on any atom is -0.270 e. The van der Waals surface area contributed by atoms with E-state index in [1.165, 1.54) is 33.0 Å². The minimum atomic E-state index is 0. The van der Waals surface area contributed by atoms with E-state index in [1.807, 2.05) is 0 Å². The second kappa shape index (κ2) is 10.5. The average molecular weight is 401 g/mol. The molecule has 0 unspecified atom stereocenters. The fourth-order valence-corrected chi connectivity index (χ4v) is 2.38. The summed E-state index contributed by atoms with van der Waals surface area (Å²) in [7, 11) is 0. The van der Waals surface area contributed by atoms with Gasteiger partial charge in [0, 0.05) is 0 Å². The van der Waals surface area contributed by atoms with Gasteiger partial charge < -0.3 is 0 Å². The van der Waals surface area contributed by atoms with E-state index < -0.39 is 0 Å². The Balaban J connectivity index is 0. The summed E-state index contributed by atoms with van der Waals surface area (Å²) < 4.78 is 0. The second-order valence-corrected chi connectivity index (χ2v) is 4.97. The fourth-order valence-electron chi connectivity index (χ4n) is 2.38. The predicted octanol–water partition coefficient (Wildman–Crippen LogP) is 6.02. The molecule has 21 heavy (non-hydrogen) atoms. The molecule has 0 heterocycles.